The van der Waals surface area contributed by atoms with Crippen molar-refractivity contribution in [2.45, 2.75) is 238 Å². The molecule has 0 spiro atoms. The Labute approximate surface area is 299 Å². The molecule has 0 fully saturated rings. The first kappa shape index (κ1) is 46.8. The van der Waals surface area contributed by atoms with E-state index in [2.05, 4.69) is 43.5 Å². The Hall–Kier alpha value is -1.17. The third kappa shape index (κ3) is 33.3. The molecule has 284 valence electrons. The molecule has 0 aromatic rings. The highest BCUT2D eigenvalue weighted by Crippen LogP contribution is 2.15. The van der Waals surface area contributed by atoms with Crippen molar-refractivity contribution in [1.82, 2.24) is 5.32 Å². The maximum atomic E-state index is 12.4. The number of amides is 1. The third-order valence-electron chi connectivity index (χ3n) is 9.78. The van der Waals surface area contributed by atoms with Gasteiger partial charge in [0.05, 0.1) is 18.8 Å². The van der Waals surface area contributed by atoms with E-state index in [0.717, 1.165) is 38.5 Å². The molecule has 0 bridgehead atoms. The summed E-state index contributed by atoms with van der Waals surface area (Å²) in [4.78, 5) is 12.4. The zero-order valence-corrected chi connectivity index (χ0v) is 32.1. The molecular formula is C43H83NO4. The molecule has 5 nitrogen and oxygen atoms in total. The van der Waals surface area contributed by atoms with Crippen LogP contribution < -0.4 is 5.32 Å². The predicted octanol–water partition coefficient (Wildman–Crippen LogP) is 11.8. The molecule has 0 saturated carbocycles. The molecule has 3 unspecified atom stereocenters. The Morgan fingerprint density at radius 1 is 0.500 bits per heavy atom. The number of rotatable bonds is 38. The average molecular weight is 678 g/mol. The molecule has 0 rings (SSSR count). The lowest BCUT2D eigenvalue weighted by molar-refractivity contribution is -0.124. The summed E-state index contributed by atoms with van der Waals surface area (Å²) < 4.78 is 0. The van der Waals surface area contributed by atoms with Crippen molar-refractivity contribution in [2.75, 3.05) is 6.61 Å². The molecule has 0 aromatic heterocycles. The second-order valence-corrected chi connectivity index (χ2v) is 14.5. The van der Waals surface area contributed by atoms with Crippen LogP contribution in [0.25, 0.3) is 0 Å². The van der Waals surface area contributed by atoms with Gasteiger partial charge in [0.25, 0.3) is 0 Å². The van der Waals surface area contributed by atoms with E-state index in [0.29, 0.717) is 12.8 Å². The highest BCUT2D eigenvalue weighted by atomic mass is 16.3. The number of hydrogen-bond donors (Lipinski definition) is 4. The largest absolute Gasteiger partial charge is 0.394 e. The summed E-state index contributed by atoms with van der Waals surface area (Å²) in [7, 11) is 0. The smallest absolute Gasteiger partial charge is 0.220 e. The molecule has 4 N–H and O–H groups in total. The van der Waals surface area contributed by atoms with E-state index >= 15 is 0 Å². The van der Waals surface area contributed by atoms with Crippen molar-refractivity contribution >= 4 is 5.91 Å². The van der Waals surface area contributed by atoms with Gasteiger partial charge in [-0.3, -0.25) is 4.79 Å². The van der Waals surface area contributed by atoms with E-state index in [-0.39, 0.29) is 12.5 Å². The van der Waals surface area contributed by atoms with Gasteiger partial charge in [-0.1, -0.05) is 173 Å². The maximum Gasteiger partial charge on any atom is 0.220 e. The number of carbonyl (C=O) groups is 1. The van der Waals surface area contributed by atoms with Crippen LogP contribution in [0.2, 0.25) is 0 Å². The van der Waals surface area contributed by atoms with Crippen LogP contribution in [-0.2, 0) is 4.79 Å². The first-order valence-electron chi connectivity index (χ1n) is 21.1. The molecule has 5 heteroatoms. The number of aliphatic hydroxyl groups is 3. The second-order valence-electron chi connectivity index (χ2n) is 14.5. The highest BCUT2D eigenvalue weighted by Gasteiger charge is 2.26. The number of nitrogens with one attached hydrogen (secondary N) is 1. The molecule has 1 amide bonds. The first-order valence-corrected chi connectivity index (χ1v) is 21.1. The molecule has 0 aliphatic heterocycles. The fourth-order valence-corrected chi connectivity index (χ4v) is 6.45. The highest BCUT2D eigenvalue weighted by molar-refractivity contribution is 5.76. The summed E-state index contributed by atoms with van der Waals surface area (Å²) in [5.74, 6) is -0.159. The Kier molecular flexibility index (Phi) is 37.7. The van der Waals surface area contributed by atoms with Crippen LogP contribution >= 0.6 is 0 Å². The SMILES string of the molecule is CCCCCCCCC/C=C/CCCC(O)C(O)C(CO)NC(=O)CCCCCCCCC/C=C\CCCCCCCCCCCCC. The van der Waals surface area contributed by atoms with Gasteiger partial charge in [-0.05, 0) is 64.2 Å². The van der Waals surface area contributed by atoms with Crippen molar-refractivity contribution < 1.29 is 20.1 Å². The quantitative estimate of drug-likeness (QED) is 0.0387. The minimum absolute atomic E-state index is 0.159. The molecule has 0 aromatic carbocycles. The van der Waals surface area contributed by atoms with Crippen LogP contribution in [0.15, 0.2) is 24.3 Å². The lowest BCUT2D eigenvalue weighted by Gasteiger charge is -2.26. The standard InChI is InChI=1S/C43H83NO4/c1-3-5-7-9-11-13-15-17-18-19-20-21-22-23-24-25-26-28-30-32-34-36-38-42(47)44-40(39-45)43(48)41(46)37-35-33-31-29-27-16-14-12-10-8-6-4-2/h22-23,29,31,40-41,43,45-46,48H,3-21,24-28,30,32-39H2,1-2H3,(H,44,47)/b23-22-,31-29+. The van der Waals surface area contributed by atoms with Gasteiger partial charge >= 0.3 is 0 Å². The van der Waals surface area contributed by atoms with Crippen molar-refractivity contribution in [1.29, 1.82) is 0 Å². The van der Waals surface area contributed by atoms with E-state index in [1.54, 1.807) is 0 Å². The van der Waals surface area contributed by atoms with Gasteiger partial charge in [0.2, 0.25) is 5.91 Å². The van der Waals surface area contributed by atoms with Gasteiger partial charge < -0.3 is 20.6 Å². The summed E-state index contributed by atoms with van der Waals surface area (Å²) >= 11 is 0. The minimum Gasteiger partial charge on any atom is -0.394 e. The van der Waals surface area contributed by atoms with E-state index in [4.69, 9.17) is 0 Å². The van der Waals surface area contributed by atoms with Crippen molar-refractivity contribution in [3.8, 4) is 0 Å². The Morgan fingerprint density at radius 2 is 0.833 bits per heavy atom. The number of allylic oxidation sites excluding steroid dienone is 4. The monoisotopic (exact) mass is 678 g/mol. The fraction of sp³-hybridized carbons (Fsp3) is 0.884. The Bertz CT molecular complexity index is 709. The second kappa shape index (κ2) is 38.6. The Balaban J connectivity index is 3.64. The molecule has 0 heterocycles. The van der Waals surface area contributed by atoms with Crippen LogP contribution in [0.3, 0.4) is 0 Å². The summed E-state index contributed by atoms with van der Waals surface area (Å²) in [6, 6.07) is -0.825. The Morgan fingerprint density at radius 3 is 1.21 bits per heavy atom. The summed E-state index contributed by atoms with van der Waals surface area (Å²) in [5.41, 5.74) is 0. The van der Waals surface area contributed by atoms with Gasteiger partial charge in [-0.15, -0.1) is 0 Å². The minimum atomic E-state index is -1.16. The van der Waals surface area contributed by atoms with Crippen LogP contribution in [0.1, 0.15) is 219 Å². The van der Waals surface area contributed by atoms with E-state index in [1.807, 2.05) is 0 Å². The van der Waals surface area contributed by atoms with Crippen molar-refractivity contribution in [2.24, 2.45) is 0 Å². The average Bonchev–Trinajstić information content (AvgIpc) is 3.09. The predicted molar refractivity (Wildman–Crippen MR) is 208 cm³/mol. The third-order valence-corrected chi connectivity index (χ3v) is 9.78. The van der Waals surface area contributed by atoms with E-state index in [9.17, 15) is 20.1 Å². The number of aliphatic hydroxyl groups excluding tert-OH is 3. The van der Waals surface area contributed by atoms with Gasteiger partial charge in [-0.25, -0.2) is 0 Å². The van der Waals surface area contributed by atoms with Crippen LogP contribution in [0, 0.1) is 0 Å². The lowest BCUT2D eigenvalue weighted by Crippen LogP contribution is -2.50. The van der Waals surface area contributed by atoms with Gasteiger partial charge in [0.15, 0.2) is 0 Å². The number of hydrogen-bond acceptors (Lipinski definition) is 4. The zero-order chi connectivity index (χ0) is 35.2. The van der Waals surface area contributed by atoms with Crippen LogP contribution in [-0.4, -0.2) is 46.1 Å². The normalized spacial score (nSPS) is 13.9. The van der Waals surface area contributed by atoms with Crippen LogP contribution in [0.5, 0.6) is 0 Å². The zero-order valence-electron chi connectivity index (χ0n) is 32.1. The number of carbonyl (C=O) groups excluding carboxylic acids is 1. The van der Waals surface area contributed by atoms with E-state index < -0.39 is 18.2 Å². The molecular weight excluding hydrogens is 594 g/mol. The summed E-state index contributed by atoms with van der Waals surface area (Å²) in [6.45, 7) is 4.15. The molecule has 0 saturated heterocycles. The summed E-state index contributed by atoms with van der Waals surface area (Å²) in [6.07, 6.45) is 45.7. The first-order chi connectivity index (χ1) is 23.6. The van der Waals surface area contributed by atoms with Gasteiger partial charge in [0.1, 0.15) is 6.10 Å². The molecule has 48 heavy (non-hydrogen) atoms. The van der Waals surface area contributed by atoms with Crippen LogP contribution in [0.4, 0.5) is 0 Å². The fourth-order valence-electron chi connectivity index (χ4n) is 6.45. The lowest BCUT2D eigenvalue weighted by atomic mass is 10.0. The van der Waals surface area contributed by atoms with Crippen molar-refractivity contribution in [3.05, 3.63) is 24.3 Å². The molecule has 3 atom stereocenters. The van der Waals surface area contributed by atoms with E-state index in [1.165, 1.54) is 154 Å². The van der Waals surface area contributed by atoms with Gasteiger partial charge in [-0.2, -0.15) is 0 Å². The maximum absolute atomic E-state index is 12.4. The van der Waals surface area contributed by atoms with Crippen molar-refractivity contribution in [3.63, 3.8) is 0 Å². The molecule has 0 aliphatic rings. The number of unbranched alkanes of at least 4 members (excludes halogenated alkanes) is 26. The summed E-state index contributed by atoms with van der Waals surface area (Å²) in [5, 5.41) is 33.4. The van der Waals surface area contributed by atoms with Gasteiger partial charge in [0, 0.05) is 6.42 Å². The topological polar surface area (TPSA) is 89.8 Å². The molecule has 0 aliphatic carbocycles. The molecule has 0 radical (unpaired) electrons.